The summed E-state index contributed by atoms with van der Waals surface area (Å²) in [5, 5.41) is -0.395. The van der Waals surface area contributed by atoms with Gasteiger partial charge >= 0.3 is 0 Å². The van der Waals surface area contributed by atoms with Crippen molar-refractivity contribution in [3.63, 3.8) is 0 Å². The van der Waals surface area contributed by atoms with Gasteiger partial charge in [0.25, 0.3) is 0 Å². The molecule has 0 unspecified atom stereocenters. The number of anilines is 1. The average Bonchev–Trinajstić information content (AvgIpc) is 2.62. The molecule has 1 amide bonds. The number of amides is 1. The zero-order chi connectivity index (χ0) is 17.6. The summed E-state index contributed by atoms with van der Waals surface area (Å²) in [6.45, 7) is 0. The third kappa shape index (κ3) is 4.61. The number of nitrogens with zero attached hydrogens (tertiary/aromatic N) is 1. The van der Waals surface area contributed by atoms with Gasteiger partial charge in [0.1, 0.15) is 0 Å². The Labute approximate surface area is 147 Å². The Bertz CT molecular complexity index is 761. The number of rotatable bonds is 7. The van der Waals surface area contributed by atoms with Crippen LogP contribution in [0.5, 0.6) is 0 Å². The molecule has 0 N–H and O–H groups in total. The Morgan fingerprint density at radius 1 is 1.04 bits per heavy atom. The largest absolute Gasteiger partial charge is 0.315 e. The first-order valence-corrected chi connectivity index (χ1v) is 10.5. The highest BCUT2D eigenvalue weighted by Crippen LogP contribution is 2.21. The molecule has 24 heavy (non-hydrogen) atoms. The maximum atomic E-state index is 12.6. The van der Waals surface area contributed by atoms with Crippen LogP contribution in [-0.4, -0.2) is 38.6 Å². The van der Waals surface area contributed by atoms with E-state index in [0.29, 0.717) is 4.90 Å². The van der Waals surface area contributed by atoms with Crippen LogP contribution in [0.15, 0.2) is 65.6 Å². The lowest BCUT2D eigenvalue weighted by atomic mass is 10.2. The van der Waals surface area contributed by atoms with Crippen molar-refractivity contribution in [3.8, 4) is 0 Å². The fraction of sp³-hybridized carbons (Fsp3) is 0.278. The van der Waals surface area contributed by atoms with E-state index in [0.717, 1.165) is 5.69 Å². The molecule has 2 rings (SSSR count). The van der Waals surface area contributed by atoms with Gasteiger partial charge in [-0.3, -0.25) is 4.79 Å². The van der Waals surface area contributed by atoms with Crippen LogP contribution in [0.4, 0.5) is 5.69 Å². The van der Waals surface area contributed by atoms with E-state index >= 15 is 0 Å². The van der Waals surface area contributed by atoms with Gasteiger partial charge in [0.15, 0.2) is 9.84 Å². The molecule has 0 saturated heterocycles. The normalized spacial score (nSPS) is 12.6. The number of carbonyl (C=O) groups is 1. The minimum absolute atomic E-state index is 0.0448. The van der Waals surface area contributed by atoms with Crippen LogP contribution in [0.2, 0.25) is 0 Å². The van der Waals surface area contributed by atoms with Crippen LogP contribution in [0, 0.1) is 0 Å². The van der Waals surface area contributed by atoms with Crippen molar-refractivity contribution < 1.29 is 13.2 Å². The Balaban J connectivity index is 2.05. The Morgan fingerprint density at radius 2 is 1.58 bits per heavy atom. The van der Waals surface area contributed by atoms with E-state index < -0.39 is 15.1 Å². The topological polar surface area (TPSA) is 54.5 Å². The fourth-order valence-corrected chi connectivity index (χ4v) is 4.56. The van der Waals surface area contributed by atoms with Crippen molar-refractivity contribution in [2.24, 2.45) is 0 Å². The summed E-state index contributed by atoms with van der Waals surface area (Å²) in [4.78, 5) is 14.5. The molecule has 0 heterocycles. The van der Waals surface area contributed by atoms with Crippen LogP contribution in [0.3, 0.4) is 0 Å². The minimum atomic E-state index is -3.37. The molecule has 0 aliphatic rings. The number of hydrogen-bond acceptors (Lipinski definition) is 4. The van der Waals surface area contributed by atoms with E-state index in [2.05, 4.69) is 0 Å². The zero-order valence-electron chi connectivity index (χ0n) is 13.8. The van der Waals surface area contributed by atoms with Crippen molar-refractivity contribution in [2.45, 2.75) is 16.6 Å². The molecule has 128 valence electrons. The van der Waals surface area contributed by atoms with E-state index in [1.54, 1.807) is 42.3 Å². The number of hydrogen-bond donors (Lipinski definition) is 0. The Hall–Kier alpha value is -1.79. The zero-order valence-corrected chi connectivity index (χ0v) is 15.4. The van der Waals surface area contributed by atoms with Crippen molar-refractivity contribution in [2.75, 3.05) is 24.0 Å². The van der Waals surface area contributed by atoms with Crippen molar-refractivity contribution >= 4 is 33.2 Å². The lowest BCUT2D eigenvalue weighted by Crippen LogP contribution is -2.35. The maximum absolute atomic E-state index is 12.6. The highest BCUT2D eigenvalue weighted by atomic mass is 32.2. The smallest absolute Gasteiger partial charge is 0.239 e. The predicted molar refractivity (Wildman–Crippen MR) is 100 cm³/mol. The van der Waals surface area contributed by atoms with Gasteiger partial charge in [-0.2, -0.15) is 11.8 Å². The molecule has 0 aliphatic carbocycles. The molecule has 4 nitrogen and oxygen atoms in total. The second-order valence-electron chi connectivity index (χ2n) is 5.38. The molecular weight excluding hydrogens is 342 g/mol. The van der Waals surface area contributed by atoms with Crippen LogP contribution in [0.25, 0.3) is 0 Å². The summed E-state index contributed by atoms with van der Waals surface area (Å²) < 4.78 is 24.8. The van der Waals surface area contributed by atoms with E-state index in [1.807, 2.05) is 36.6 Å². The number of sulfone groups is 1. The number of benzene rings is 2. The second-order valence-corrected chi connectivity index (χ2v) is 8.53. The lowest BCUT2D eigenvalue weighted by Gasteiger charge is -2.22. The molecule has 0 fully saturated rings. The summed E-state index contributed by atoms with van der Waals surface area (Å²) in [5.74, 6) is -0.131. The first-order chi connectivity index (χ1) is 11.5. The predicted octanol–water partition coefficient (Wildman–Crippen LogP) is 3.25. The summed E-state index contributed by atoms with van der Waals surface area (Å²) in [6.07, 6.45) is 2.12. The highest BCUT2D eigenvalue weighted by molar-refractivity contribution is 8.00. The Kier molecular flexibility index (Phi) is 6.45. The molecule has 0 saturated carbocycles. The van der Waals surface area contributed by atoms with Crippen molar-refractivity contribution in [1.29, 1.82) is 0 Å². The van der Waals surface area contributed by atoms with Gasteiger partial charge in [-0.05, 0) is 36.9 Å². The molecular formula is C18H21NO3S2. The van der Waals surface area contributed by atoms with Crippen molar-refractivity contribution in [3.05, 3.63) is 60.7 Å². The van der Waals surface area contributed by atoms with Gasteiger partial charge in [0.05, 0.1) is 15.9 Å². The number of carbonyl (C=O) groups excluding carboxylic acids is 1. The average molecular weight is 364 g/mol. The standard InChI is InChI=1S/C18H21NO3S2/c1-19(15-9-5-3-6-10-15)18(20)17(23-2)13-14-24(21,22)16-11-7-4-8-12-16/h3-12,17H,13-14H2,1-2H3/t17-/m0/s1. The quantitative estimate of drug-likeness (QED) is 0.758. The van der Waals surface area contributed by atoms with E-state index in [-0.39, 0.29) is 18.1 Å². The third-order valence-electron chi connectivity index (χ3n) is 3.79. The van der Waals surface area contributed by atoms with Gasteiger partial charge in [-0.15, -0.1) is 0 Å². The molecule has 0 aliphatic heterocycles. The van der Waals surface area contributed by atoms with Gasteiger partial charge in [-0.25, -0.2) is 8.42 Å². The molecule has 0 radical (unpaired) electrons. The van der Waals surface area contributed by atoms with E-state index in [1.165, 1.54) is 11.8 Å². The summed E-state index contributed by atoms with van der Waals surface area (Å²) in [5.41, 5.74) is 0.799. The van der Waals surface area contributed by atoms with Gasteiger partial charge < -0.3 is 4.90 Å². The third-order valence-corrected chi connectivity index (χ3v) is 6.56. The molecule has 1 atom stereocenters. The van der Waals surface area contributed by atoms with Gasteiger partial charge in [0.2, 0.25) is 5.91 Å². The van der Waals surface area contributed by atoms with Crippen molar-refractivity contribution in [1.82, 2.24) is 0 Å². The van der Waals surface area contributed by atoms with Gasteiger partial charge in [-0.1, -0.05) is 36.4 Å². The molecule has 2 aromatic carbocycles. The van der Waals surface area contributed by atoms with E-state index in [9.17, 15) is 13.2 Å². The van der Waals surface area contributed by atoms with Crippen LogP contribution in [-0.2, 0) is 14.6 Å². The SMILES string of the molecule is CS[C@@H](CCS(=O)(=O)c1ccccc1)C(=O)N(C)c1ccccc1. The van der Waals surface area contributed by atoms with Gasteiger partial charge in [0, 0.05) is 12.7 Å². The number of thioether (sulfide) groups is 1. The molecule has 0 bridgehead atoms. The monoisotopic (exact) mass is 363 g/mol. The summed E-state index contributed by atoms with van der Waals surface area (Å²) >= 11 is 1.38. The lowest BCUT2D eigenvalue weighted by molar-refractivity contribution is -0.117. The second kappa shape index (κ2) is 8.35. The maximum Gasteiger partial charge on any atom is 0.239 e. The minimum Gasteiger partial charge on any atom is -0.315 e. The molecule has 0 aromatic heterocycles. The molecule has 6 heteroatoms. The van der Waals surface area contributed by atoms with Crippen LogP contribution in [0.1, 0.15) is 6.42 Å². The molecule has 0 spiro atoms. The van der Waals surface area contributed by atoms with Crippen LogP contribution < -0.4 is 4.90 Å². The number of para-hydroxylation sites is 1. The highest BCUT2D eigenvalue weighted by Gasteiger charge is 2.25. The first kappa shape index (κ1) is 18.5. The van der Waals surface area contributed by atoms with E-state index in [4.69, 9.17) is 0 Å². The Morgan fingerprint density at radius 3 is 2.12 bits per heavy atom. The summed E-state index contributed by atoms with van der Waals surface area (Å²) in [7, 11) is -1.66. The first-order valence-electron chi connectivity index (χ1n) is 7.59. The summed E-state index contributed by atoms with van der Waals surface area (Å²) in [6, 6.07) is 17.7. The van der Waals surface area contributed by atoms with Crippen LogP contribution >= 0.6 is 11.8 Å². The fourth-order valence-electron chi connectivity index (χ4n) is 2.34. The molecule has 2 aromatic rings.